The van der Waals surface area contributed by atoms with Crippen LogP contribution >= 0.6 is 0 Å². The second kappa shape index (κ2) is 42.3. The lowest BCUT2D eigenvalue weighted by Crippen LogP contribution is -2.47. The number of hydrogen-bond acceptors (Lipinski definition) is 36. The van der Waals surface area contributed by atoms with Gasteiger partial charge in [-0.05, 0) is 104 Å². The molecule has 36 nitrogen and oxygen atoms in total. The summed E-state index contributed by atoms with van der Waals surface area (Å²) >= 11 is 0. The molecule has 99 heavy (non-hydrogen) atoms. The quantitative estimate of drug-likeness (QED) is 0.0619. The van der Waals surface area contributed by atoms with E-state index in [0.717, 1.165) is 90.0 Å². The summed E-state index contributed by atoms with van der Waals surface area (Å²) in [7, 11) is 0. The van der Waals surface area contributed by atoms with Crippen molar-refractivity contribution in [2.75, 3.05) is 26.4 Å². The van der Waals surface area contributed by atoms with E-state index in [1.54, 1.807) is 0 Å². The predicted octanol–water partition coefficient (Wildman–Crippen LogP) is 1.50. The number of carbonyl (C=O) groups is 18. The molecule has 0 spiro atoms. The third kappa shape index (κ3) is 32.6. The molecule has 0 saturated heterocycles. The molecular formula is C63H90O36. The van der Waals surface area contributed by atoms with Gasteiger partial charge in [0.25, 0.3) is 0 Å². The lowest BCUT2D eigenvalue weighted by molar-refractivity contribution is -0.193. The lowest BCUT2D eigenvalue weighted by Gasteiger charge is -2.33. The van der Waals surface area contributed by atoms with Crippen molar-refractivity contribution in [1.82, 2.24) is 0 Å². The van der Waals surface area contributed by atoms with Crippen LogP contribution in [0.25, 0.3) is 0 Å². The average Bonchev–Trinajstić information content (AvgIpc) is 0.838. The van der Waals surface area contributed by atoms with E-state index in [2.05, 4.69) is 0 Å². The average molecular weight is 1420 g/mol. The molecule has 0 fully saturated rings. The summed E-state index contributed by atoms with van der Waals surface area (Å²) < 4.78 is 92.0. The Hall–Kier alpha value is -9.54. The van der Waals surface area contributed by atoms with Gasteiger partial charge in [-0.2, -0.15) is 0 Å². The summed E-state index contributed by atoms with van der Waals surface area (Å²) in [5, 5.41) is 0. The molecule has 0 aromatic heterocycles. The Morgan fingerprint density at radius 1 is 0.192 bits per heavy atom. The molecule has 2 radical (unpaired) electrons. The molecule has 36 heteroatoms. The van der Waals surface area contributed by atoms with Crippen LogP contribution in [0.2, 0.25) is 0 Å². The fourth-order valence-corrected chi connectivity index (χ4v) is 6.20. The van der Waals surface area contributed by atoms with Gasteiger partial charge in [-0.1, -0.05) is 48.5 Å². The van der Waals surface area contributed by atoms with Crippen molar-refractivity contribution in [3.63, 3.8) is 0 Å². The van der Waals surface area contributed by atoms with E-state index in [1.807, 2.05) is 0 Å². The van der Waals surface area contributed by atoms with Gasteiger partial charge in [0, 0.05) is 0 Å². The van der Waals surface area contributed by atoms with E-state index in [1.165, 1.54) is 55.4 Å². The number of ether oxygens (including phenoxy) is 18. The molecule has 0 rings (SSSR count). The Morgan fingerprint density at radius 2 is 0.303 bits per heavy atom. The Bertz CT molecular complexity index is 2700. The van der Waals surface area contributed by atoms with Crippen molar-refractivity contribution in [2.45, 2.75) is 231 Å². The zero-order valence-corrected chi connectivity index (χ0v) is 59.0. The molecule has 0 aliphatic carbocycles. The van der Waals surface area contributed by atoms with Crippen molar-refractivity contribution in [2.24, 2.45) is 29.1 Å². The highest BCUT2D eigenvalue weighted by Crippen LogP contribution is 2.24. The summed E-state index contributed by atoms with van der Waals surface area (Å²) in [5.41, 5.74) is -2.44. The Kier molecular flexibility index (Phi) is 38.2. The largest absolute Gasteiger partial charge is 0.462 e. The van der Waals surface area contributed by atoms with Gasteiger partial charge in [-0.15, -0.1) is 0 Å². The molecule has 0 aliphatic rings. The van der Waals surface area contributed by atoms with E-state index in [-0.39, 0.29) is 0 Å². The first kappa shape index (κ1) is 89.5. The molecule has 0 aromatic rings. The van der Waals surface area contributed by atoms with E-state index >= 15 is 0 Å². The third-order valence-electron chi connectivity index (χ3n) is 12.6. The standard InChI is InChI=1S/C63H90O36/c1-27(2)45(64)86-35(13)53(72)94-39(17)57(76)90-31(9)49(68)82-23-63(24-83-50(69)32(10)91-58(77)40(18)95-54(73)36(14)87-46(65)28(3)4,25-84-51(70)33(11)92-59(78)41(19)98-61(80)43(21)96-55(74)37(15)88-47(66)29(5)6)26-85-52(71)34(12)93-60(79)42(20)99-62(81)44(22)97-56(75)38(16)89-48(67)30(7)8/h5,27-44H,23-26H2,1-4,6-22H3. The SMILES string of the molecule is [CH]C(C)C(=O)OC(C)C(=O)OC(C)C(=O)OC(C)C(=O)OC(C)C(=O)OCC(COC(=O)C(C)OC(=O)C(C)OC(=O)C(C)OC(=O)C(C)C)(COC(=O)C(C)OC(=O)C(C)OC(=O)C(C)OC(=O)C(C)C)COC(=O)C(C)OC(=O)C(C)OC(=O)C(C)OC(=O)C(C)OC(=O)C(C)C. The first-order chi connectivity index (χ1) is 45.6. The van der Waals surface area contributed by atoms with E-state index < -0.39 is 248 Å². The highest BCUT2D eigenvalue weighted by molar-refractivity contribution is 5.89. The van der Waals surface area contributed by atoms with Gasteiger partial charge in [0.05, 0.1) is 23.7 Å². The minimum absolute atomic E-state index is 0.620. The summed E-state index contributed by atoms with van der Waals surface area (Å²) in [4.78, 5) is 231. The Labute approximate surface area is 570 Å². The molecule has 0 saturated carbocycles. The van der Waals surface area contributed by atoms with Crippen molar-refractivity contribution in [1.29, 1.82) is 0 Å². The van der Waals surface area contributed by atoms with Crippen LogP contribution in [0.3, 0.4) is 0 Å². The van der Waals surface area contributed by atoms with Crippen LogP contribution in [0.4, 0.5) is 0 Å². The first-order valence-electron chi connectivity index (χ1n) is 30.9. The smallest absolute Gasteiger partial charge is 0.347 e. The molecule has 15 atom stereocenters. The molecule has 0 amide bonds. The number of esters is 18. The molecule has 0 aromatic carbocycles. The minimum Gasteiger partial charge on any atom is -0.462 e. The van der Waals surface area contributed by atoms with Gasteiger partial charge in [-0.25, -0.2) is 67.1 Å². The molecular weight excluding hydrogens is 1330 g/mol. The van der Waals surface area contributed by atoms with Gasteiger partial charge in [-0.3, -0.25) is 19.2 Å². The zero-order chi connectivity index (χ0) is 76.8. The van der Waals surface area contributed by atoms with Gasteiger partial charge in [0.15, 0.2) is 85.5 Å². The fraction of sp³-hybridized carbons (Fsp3) is 0.698. The number of rotatable bonds is 40. The van der Waals surface area contributed by atoms with Crippen LogP contribution in [-0.2, 0) is 172 Å². The highest BCUT2D eigenvalue weighted by atomic mass is 16.7. The fourth-order valence-electron chi connectivity index (χ4n) is 6.20. The summed E-state index contributed by atoms with van der Waals surface area (Å²) in [6, 6.07) is 0. The van der Waals surface area contributed by atoms with Crippen LogP contribution in [0.5, 0.6) is 0 Å². The van der Waals surface area contributed by atoms with Crippen LogP contribution in [0.1, 0.15) is 145 Å². The molecule has 15 unspecified atom stereocenters. The summed E-state index contributed by atoms with van der Waals surface area (Å²) in [6.07, 6.45) is -24.5. The molecule has 0 N–H and O–H groups in total. The molecule has 0 bridgehead atoms. The van der Waals surface area contributed by atoms with Crippen molar-refractivity contribution >= 4 is 107 Å². The van der Waals surface area contributed by atoms with E-state index in [4.69, 9.17) is 92.2 Å². The summed E-state index contributed by atoms with van der Waals surface area (Å²) in [5.74, 6) is -25.2. The monoisotopic (exact) mass is 1420 g/mol. The summed E-state index contributed by atoms with van der Waals surface area (Å²) in [6.45, 7) is 25.2. The maximum absolute atomic E-state index is 13.7. The van der Waals surface area contributed by atoms with Crippen LogP contribution < -0.4 is 0 Å². The van der Waals surface area contributed by atoms with Crippen molar-refractivity contribution < 1.29 is 172 Å². The zero-order valence-electron chi connectivity index (χ0n) is 59.0. The maximum atomic E-state index is 13.7. The topological polar surface area (TPSA) is 473 Å². The van der Waals surface area contributed by atoms with Crippen LogP contribution in [0.15, 0.2) is 0 Å². The third-order valence-corrected chi connectivity index (χ3v) is 12.6. The van der Waals surface area contributed by atoms with Gasteiger partial charge in [0.1, 0.15) is 31.8 Å². The van der Waals surface area contributed by atoms with Crippen LogP contribution in [0, 0.1) is 36.0 Å². The van der Waals surface area contributed by atoms with Gasteiger partial charge >= 0.3 is 107 Å². The first-order valence-corrected chi connectivity index (χ1v) is 30.9. The predicted molar refractivity (Wildman–Crippen MR) is 322 cm³/mol. The second-order valence-electron chi connectivity index (χ2n) is 23.3. The maximum Gasteiger partial charge on any atom is 0.347 e. The van der Waals surface area contributed by atoms with E-state index in [0.29, 0.717) is 0 Å². The van der Waals surface area contributed by atoms with Gasteiger partial charge < -0.3 is 85.3 Å². The number of hydrogen-bond donors (Lipinski definition) is 0. The van der Waals surface area contributed by atoms with Crippen molar-refractivity contribution in [3.8, 4) is 0 Å². The molecule has 0 heterocycles. The highest BCUT2D eigenvalue weighted by Gasteiger charge is 2.43. The normalized spacial score (nSPS) is 15.9. The van der Waals surface area contributed by atoms with Crippen molar-refractivity contribution in [3.05, 3.63) is 6.92 Å². The Morgan fingerprint density at radius 3 is 0.424 bits per heavy atom. The lowest BCUT2D eigenvalue weighted by atomic mass is 9.92. The number of carbonyl (C=O) groups excluding carboxylic acids is 18. The molecule has 558 valence electrons. The van der Waals surface area contributed by atoms with E-state index in [9.17, 15) is 86.3 Å². The molecule has 0 aliphatic heterocycles. The van der Waals surface area contributed by atoms with Gasteiger partial charge in [0.2, 0.25) is 0 Å². The van der Waals surface area contributed by atoms with Crippen LogP contribution in [-0.4, -0.2) is 219 Å². The minimum atomic E-state index is -2.44. The second-order valence-corrected chi connectivity index (χ2v) is 23.3. The Balaban J connectivity index is 7.28.